The number of rotatable bonds is 7. The monoisotopic (exact) mass is 282 g/mol. The molecule has 98 valence electrons. The van der Waals surface area contributed by atoms with Crippen molar-refractivity contribution >= 4 is 22.7 Å². The molecule has 4 heteroatoms. The maximum atomic E-state index is 9.91. The van der Waals surface area contributed by atoms with E-state index in [9.17, 15) is 10.2 Å². The van der Waals surface area contributed by atoms with Crippen molar-refractivity contribution in [1.82, 2.24) is 0 Å². The molecule has 0 aromatic carbocycles. The summed E-state index contributed by atoms with van der Waals surface area (Å²) in [5.41, 5.74) is 0. The van der Waals surface area contributed by atoms with Crippen LogP contribution < -0.4 is 0 Å². The summed E-state index contributed by atoms with van der Waals surface area (Å²) >= 11 is 3.19. The third-order valence-electron chi connectivity index (χ3n) is 2.95. The Labute approximate surface area is 116 Å². The number of thiophene rings is 2. The van der Waals surface area contributed by atoms with Gasteiger partial charge in [-0.05, 0) is 35.7 Å². The Morgan fingerprint density at radius 2 is 1.28 bits per heavy atom. The van der Waals surface area contributed by atoms with Gasteiger partial charge >= 0.3 is 0 Å². The molecule has 0 aliphatic rings. The van der Waals surface area contributed by atoms with Gasteiger partial charge in [0.2, 0.25) is 0 Å². The van der Waals surface area contributed by atoms with E-state index in [1.165, 1.54) is 0 Å². The number of aliphatic hydroxyl groups excluding tert-OH is 2. The summed E-state index contributed by atoms with van der Waals surface area (Å²) < 4.78 is 0. The van der Waals surface area contributed by atoms with Crippen LogP contribution in [0.3, 0.4) is 0 Å². The van der Waals surface area contributed by atoms with Crippen molar-refractivity contribution in [3.8, 4) is 0 Å². The average molecular weight is 282 g/mol. The molecule has 2 nitrogen and oxygen atoms in total. The molecule has 0 saturated carbocycles. The first-order chi connectivity index (χ1) is 8.77. The van der Waals surface area contributed by atoms with E-state index in [2.05, 4.69) is 0 Å². The number of unbranched alkanes of at least 4 members (excludes halogenated alkanes) is 1. The summed E-state index contributed by atoms with van der Waals surface area (Å²) in [4.78, 5) is 2.07. The Kier molecular flexibility index (Phi) is 5.38. The van der Waals surface area contributed by atoms with Crippen molar-refractivity contribution in [1.29, 1.82) is 0 Å². The molecule has 0 fully saturated rings. The largest absolute Gasteiger partial charge is 0.388 e. The van der Waals surface area contributed by atoms with Crippen LogP contribution >= 0.6 is 22.7 Å². The minimum Gasteiger partial charge on any atom is -0.388 e. The lowest BCUT2D eigenvalue weighted by Gasteiger charge is -2.10. The highest BCUT2D eigenvalue weighted by Gasteiger charge is 2.10. The molecule has 2 atom stereocenters. The standard InChI is InChI=1S/C14H18O2S2/c15-11(13-7-3-9-17-13)5-1-2-6-12(16)14-8-4-10-18-14/h3-4,7-12,15-16H,1-2,5-6H2. The Bertz CT molecular complexity index is 380. The first-order valence-corrected chi connectivity index (χ1v) is 7.96. The van der Waals surface area contributed by atoms with Crippen LogP contribution in [-0.2, 0) is 0 Å². The molecule has 0 radical (unpaired) electrons. The third kappa shape index (κ3) is 3.92. The summed E-state index contributed by atoms with van der Waals surface area (Å²) in [6.07, 6.45) is 2.76. The lowest BCUT2D eigenvalue weighted by Crippen LogP contribution is -1.97. The minimum atomic E-state index is -0.344. The van der Waals surface area contributed by atoms with Crippen molar-refractivity contribution in [3.63, 3.8) is 0 Å². The Morgan fingerprint density at radius 3 is 1.61 bits per heavy atom. The van der Waals surface area contributed by atoms with E-state index in [1.807, 2.05) is 35.0 Å². The van der Waals surface area contributed by atoms with Crippen LogP contribution in [0.5, 0.6) is 0 Å². The Morgan fingerprint density at radius 1 is 0.833 bits per heavy atom. The normalized spacial score (nSPS) is 14.6. The highest BCUT2D eigenvalue weighted by Crippen LogP contribution is 2.27. The lowest BCUT2D eigenvalue weighted by molar-refractivity contribution is 0.150. The van der Waals surface area contributed by atoms with E-state index in [1.54, 1.807) is 22.7 Å². The summed E-state index contributed by atoms with van der Waals surface area (Å²) in [5.74, 6) is 0. The van der Waals surface area contributed by atoms with Gasteiger partial charge in [0, 0.05) is 9.75 Å². The Balaban J connectivity index is 1.64. The predicted molar refractivity (Wildman–Crippen MR) is 77.0 cm³/mol. The van der Waals surface area contributed by atoms with Gasteiger partial charge in [0.15, 0.2) is 0 Å². The number of aliphatic hydroxyl groups is 2. The molecular weight excluding hydrogens is 264 g/mol. The summed E-state index contributed by atoms with van der Waals surface area (Å²) in [5, 5.41) is 23.8. The molecule has 0 aliphatic heterocycles. The fraction of sp³-hybridized carbons (Fsp3) is 0.429. The smallest absolute Gasteiger partial charge is 0.0882 e. The van der Waals surface area contributed by atoms with Gasteiger partial charge in [-0.3, -0.25) is 0 Å². The molecule has 18 heavy (non-hydrogen) atoms. The highest BCUT2D eigenvalue weighted by atomic mass is 32.1. The zero-order valence-corrected chi connectivity index (χ0v) is 11.8. The van der Waals surface area contributed by atoms with Crippen LogP contribution in [0.2, 0.25) is 0 Å². The van der Waals surface area contributed by atoms with Gasteiger partial charge in [-0.25, -0.2) is 0 Å². The van der Waals surface area contributed by atoms with Crippen LogP contribution in [0.25, 0.3) is 0 Å². The first-order valence-electron chi connectivity index (χ1n) is 6.20. The molecule has 0 saturated heterocycles. The fourth-order valence-electron chi connectivity index (χ4n) is 1.92. The second-order valence-electron chi connectivity index (χ2n) is 4.35. The predicted octanol–water partition coefficient (Wildman–Crippen LogP) is 4.14. The van der Waals surface area contributed by atoms with Crippen LogP contribution in [0.1, 0.15) is 47.6 Å². The van der Waals surface area contributed by atoms with E-state index in [0.717, 1.165) is 35.4 Å². The van der Waals surface area contributed by atoms with Crippen molar-refractivity contribution < 1.29 is 10.2 Å². The second-order valence-corrected chi connectivity index (χ2v) is 6.31. The number of hydrogen-bond donors (Lipinski definition) is 2. The molecule has 0 spiro atoms. The molecule has 2 unspecified atom stereocenters. The maximum Gasteiger partial charge on any atom is 0.0882 e. The van der Waals surface area contributed by atoms with E-state index >= 15 is 0 Å². The van der Waals surface area contributed by atoms with E-state index in [4.69, 9.17) is 0 Å². The molecule has 0 amide bonds. The minimum absolute atomic E-state index is 0.344. The van der Waals surface area contributed by atoms with Crippen LogP contribution in [0, 0.1) is 0 Å². The van der Waals surface area contributed by atoms with Crippen molar-refractivity contribution in [2.24, 2.45) is 0 Å². The summed E-state index contributed by atoms with van der Waals surface area (Å²) in [6, 6.07) is 7.86. The fourth-order valence-corrected chi connectivity index (χ4v) is 3.41. The molecule has 2 heterocycles. The quantitative estimate of drug-likeness (QED) is 0.749. The van der Waals surface area contributed by atoms with Crippen LogP contribution in [0.4, 0.5) is 0 Å². The van der Waals surface area contributed by atoms with Gasteiger partial charge in [-0.1, -0.05) is 25.0 Å². The maximum absolute atomic E-state index is 9.91. The first kappa shape index (κ1) is 13.7. The number of hydrogen-bond acceptors (Lipinski definition) is 4. The zero-order chi connectivity index (χ0) is 12.8. The zero-order valence-electron chi connectivity index (χ0n) is 10.2. The molecular formula is C14H18O2S2. The van der Waals surface area contributed by atoms with Crippen LogP contribution in [-0.4, -0.2) is 10.2 Å². The Hall–Kier alpha value is -0.680. The molecule has 2 aromatic rings. The van der Waals surface area contributed by atoms with Gasteiger partial charge in [0.25, 0.3) is 0 Å². The summed E-state index contributed by atoms with van der Waals surface area (Å²) in [7, 11) is 0. The van der Waals surface area contributed by atoms with Gasteiger partial charge in [-0.15, -0.1) is 22.7 Å². The summed E-state index contributed by atoms with van der Waals surface area (Å²) in [6.45, 7) is 0. The molecule has 0 bridgehead atoms. The topological polar surface area (TPSA) is 40.5 Å². The van der Waals surface area contributed by atoms with Gasteiger partial charge < -0.3 is 10.2 Å². The molecule has 2 rings (SSSR count). The average Bonchev–Trinajstić information content (AvgIpc) is 3.05. The second kappa shape index (κ2) is 7.04. The SMILES string of the molecule is OC(CCCCC(O)c1cccs1)c1cccs1. The molecule has 2 N–H and O–H groups in total. The molecule has 0 aliphatic carbocycles. The van der Waals surface area contributed by atoms with E-state index < -0.39 is 0 Å². The van der Waals surface area contributed by atoms with E-state index in [-0.39, 0.29) is 12.2 Å². The van der Waals surface area contributed by atoms with Crippen molar-refractivity contribution in [3.05, 3.63) is 44.8 Å². The van der Waals surface area contributed by atoms with Gasteiger partial charge in [0.05, 0.1) is 12.2 Å². The van der Waals surface area contributed by atoms with Crippen molar-refractivity contribution in [2.75, 3.05) is 0 Å². The van der Waals surface area contributed by atoms with Gasteiger partial charge in [0.1, 0.15) is 0 Å². The van der Waals surface area contributed by atoms with Gasteiger partial charge in [-0.2, -0.15) is 0 Å². The third-order valence-corrected chi connectivity index (χ3v) is 4.90. The van der Waals surface area contributed by atoms with E-state index in [0.29, 0.717) is 0 Å². The van der Waals surface area contributed by atoms with Crippen LogP contribution in [0.15, 0.2) is 35.0 Å². The molecule has 2 aromatic heterocycles. The highest BCUT2D eigenvalue weighted by molar-refractivity contribution is 7.10. The van der Waals surface area contributed by atoms with Crippen molar-refractivity contribution in [2.45, 2.75) is 37.9 Å². The lowest BCUT2D eigenvalue weighted by atomic mass is 10.1.